The summed E-state index contributed by atoms with van der Waals surface area (Å²) in [7, 11) is 0. The number of ether oxygens (including phenoxy) is 1. The molecule has 4 rings (SSSR count). The normalized spacial score (nSPS) is 19.5. The first-order valence-electron chi connectivity index (χ1n) is 11.7. The van der Waals surface area contributed by atoms with Crippen LogP contribution < -0.4 is 15.5 Å². The van der Waals surface area contributed by atoms with Gasteiger partial charge in [0, 0.05) is 36.4 Å². The number of carbonyl (C=O) groups excluding carboxylic acids is 1. The van der Waals surface area contributed by atoms with Gasteiger partial charge in [-0.15, -0.1) is 0 Å². The van der Waals surface area contributed by atoms with Crippen molar-refractivity contribution in [2.75, 3.05) is 43.1 Å². The first kappa shape index (κ1) is 24.2. The van der Waals surface area contributed by atoms with E-state index in [0.29, 0.717) is 49.9 Å². The van der Waals surface area contributed by atoms with Gasteiger partial charge in [0.25, 0.3) is 0 Å². The van der Waals surface area contributed by atoms with E-state index in [9.17, 15) is 20.0 Å². The van der Waals surface area contributed by atoms with Crippen LogP contribution in [0.5, 0.6) is 0 Å². The van der Waals surface area contributed by atoms with Gasteiger partial charge in [0.1, 0.15) is 5.82 Å². The highest BCUT2D eigenvalue weighted by molar-refractivity contribution is 5.89. The zero-order valence-corrected chi connectivity index (χ0v) is 19.8. The third-order valence-electron chi connectivity index (χ3n) is 6.22. The van der Waals surface area contributed by atoms with Crippen LogP contribution in [0.4, 0.5) is 21.1 Å². The summed E-state index contributed by atoms with van der Waals surface area (Å²) in [6, 6.07) is 8.40. The van der Waals surface area contributed by atoms with Crippen LogP contribution in [0.3, 0.4) is 0 Å². The molecule has 3 heterocycles. The molecule has 3 N–H and O–H groups in total. The third-order valence-corrected chi connectivity index (χ3v) is 6.22. The minimum atomic E-state index is -1.07. The fourth-order valence-corrected chi connectivity index (χ4v) is 4.51. The van der Waals surface area contributed by atoms with E-state index in [4.69, 9.17) is 14.7 Å². The molecule has 2 atom stereocenters. The molecule has 1 fully saturated rings. The number of anilines is 2. The lowest BCUT2D eigenvalue weighted by Crippen LogP contribution is -2.46. The number of nitrogens with one attached hydrogen (secondary N) is 2. The Bertz CT molecular complexity index is 1130. The van der Waals surface area contributed by atoms with Crippen molar-refractivity contribution in [3.8, 4) is 17.5 Å². The lowest BCUT2D eigenvalue weighted by molar-refractivity contribution is 0.0981. The molecule has 0 saturated carbocycles. The van der Waals surface area contributed by atoms with Gasteiger partial charge in [0.2, 0.25) is 0 Å². The maximum Gasteiger partial charge on any atom is 0.407 e. The van der Waals surface area contributed by atoms with E-state index in [1.807, 2.05) is 19.1 Å². The van der Waals surface area contributed by atoms with E-state index in [1.165, 1.54) is 4.90 Å². The molecule has 1 saturated heterocycles. The molecule has 2 unspecified atom stereocenters. The van der Waals surface area contributed by atoms with Crippen molar-refractivity contribution in [2.24, 2.45) is 0 Å². The maximum absolute atomic E-state index is 11.9. The standard InChI is InChI=1S/C24H29N7O4/c1-3-26-23(32)27-17-6-4-16(5-7-17)21-28-20-18(9-11-31(24(33)34)19(20)8-10-25)22(29-21)30-12-13-35-14-15(30)2/h4-7,15,19H,3,8-9,11-14H2,1-2H3,(H,33,34)(H2,26,27,32). The molecule has 2 aromatic rings. The van der Waals surface area contributed by atoms with Crippen molar-refractivity contribution in [2.45, 2.75) is 38.8 Å². The molecule has 1 aromatic heterocycles. The van der Waals surface area contributed by atoms with Crippen LogP contribution in [0.2, 0.25) is 0 Å². The van der Waals surface area contributed by atoms with Crippen LogP contribution >= 0.6 is 0 Å². The molecule has 0 radical (unpaired) electrons. The number of carboxylic acid groups (broad SMARTS) is 1. The topological polar surface area (TPSA) is 144 Å². The summed E-state index contributed by atoms with van der Waals surface area (Å²) in [5.74, 6) is 1.20. The van der Waals surface area contributed by atoms with E-state index in [0.717, 1.165) is 16.9 Å². The van der Waals surface area contributed by atoms with Gasteiger partial charge >= 0.3 is 12.1 Å². The summed E-state index contributed by atoms with van der Waals surface area (Å²) in [5, 5.41) is 24.7. The summed E-state index contributed by atoms with van der Waals surface area (Å²) >= 11 is 0. The molecule has 0 bridgehead atoms. The van der Waals surface area contributed by atoms with Gasteiger partial charge in [-0.2, -0.15) is 5.26 Å². The van der Waals surface area contributed by atoms with Crippen LogP contribution in [-0.4, -0.2) is 71.0 Å². The van der Waals surface area contributed by atoms with Crippen LogP contribution in [0.15, 0.2) is 24.3 Å². The fourth-order valence-electron chi connectivity index (χ4n) is 4.51. The second-order valence-electron chi connectivity index (χ2n) is 8.52. The van der Waals surface area contributed by atoms with Crippen molar-refractivity contribution in [1.29, 1.82) is 5.26 Å². The lowest BCUT2D eigenvalue weighted by atomic mass is 9.95. The SMILES string of the molecule is CCNC(=O)Nc1ccc(-c2nc3c(c(N4CCOCC4C)n2)CCN(C(=O)O)C3CC#N)cc1. The molecule has 0 aliphatic carbocycles. The zero-order chi connectivity index (χ0) is 24.9. The van der Waals surface area contributed by atoms with Crippen molar-refractivity contribution < 1.29 is 19.4 Å². The highest BCUT2D eigenvalue weighted by Gasteiger charge is 2.36. The van der Waals surface area contributed by atoms with Gasteiger partial charge in [0.05, 0.1) is 43.5 Å². The molecular weight excluding hydrogens is 450 g/mol. The van der Waals surface area contributed by atoms with E-state index in [-0.39, 0.29) is 25.0 Å². The molecule has 2 aliphatic heterocycles. The summed E-state index contributed by atoms with van der Waals surface area (Å²) < 4.78 is 5.61. The maximum atomic E-state index is 11.9. The Hall–Kier alpha value is -3.91. The number of fused-ring (bicyclic) bond motifs is 1. The monoisotopic (exact) mass is 479 g/mol. The Balaban J connectivity index is 1.78. The van der Waals surface area contributed by atoms with Crippen molar-refractivity contribution in [1.82, 2.24) is 20.2 Å². The number of carbonyl (C=O) groups is 2. The van der Waals surface area contributed by atoms with Crippen molar-refractivity contribution in [3.05, 3.63) is 35.5 Å². The molecule has 3 amide bonds. The number of morpholine rings is 1. The Kier molecular flexibility index (Phi) is 7.31. The Morgan fingerprint density at radius 1 is 1.26 bits per heavy atom. The summed E-state index contributed by atoms with van der Waals surface area (Å²) in [5.41, 5.74) is 2.80. The highest BCUT2D eigenvalue weighted by Crippen LogP contribution is 2.37. The van der Waals surface area contributed by atoms with Gasteiger partial charge in [-0.05, 0) is 44.5 Å². The molecule has 35 heavy (non-hydrogen) atoms. The number of hydrogen-bond donors (Lipinski definition) is 3. The number of benzene rings is 1. The molecule has 2 aliphatic rings. The number of hydrogen-bond acceptors (Lipinski definition) is 7. The van der Waals surface area contributed by atoms with Crippen LogP contribution in [0.1, 0.15) is 37.6 Å². The number of nitrogens with zero attached hydrogens (tertiary/aromatic N) is 5. The second kappa shape index (κ2) is 10.6. The number of nitriles is 1. The van der Waals surface area contributed by atoms with Crippen LogP contribution in [-0.2, 0) is 11.2 Å². The third kappa shape index (κ3) is 5.12. The Morgan fingerprint density at radius 2 is 2.03 bits per heavy atom. The highest BCUT2D eigenvalue weighted by atomic mass is 16.5. The molecule has 11 heteroatoms. The predicted molar refractivity (Wildman–Crippen MR) is 129 cm³/mol. The number of rotatable bonds is 5. The van der Waals surface area contributed by atoms with Crippen molar-refractivity contribution in [3.63, 3.8) is 0 Å². The molecule has 11 nitrogen and oxygen atoms in total. The lowest BCUT2D eigenvalue weighted by Gasteiger charge is -2.39. The fraction of sp³-hybridized carbons (Fsp3) is 0.458. The van der Waals surface area contributed by atoms with Crippen molar-refractivity contribution >= 4 is 23.6 Å². The molecule has 0 spiro atoms. The molecular formula is C24H29N7O4. The minimum Gasteiger partial charge on any atom is -0.465 e. The van der Waals surface area contributed by atoms with E-state index >= 15 is 0 Å². The Labute approximate surface area is 203 Å². The van der Waals surface area contributed by atoms with Gasteiger partial charge in [-0.3, -0.25) is 4.90 Å². The zero-order valence-electron chi connectivity index (χ0n) is 19.8. The summed E-state index contributed by atoms with van der Waals surface area (Å²) in [4.78, 5) is 36.9. The van der Waals surface area contributed by atoms with Crippen LogP contribution in [0.25, 0.3) is 11.4 Å². The average Bonchev–Trinajstić information content (AvgIpc) is 2.84. The van der Waals surface area contributed by atoms with E-state index in [2.05, 4.69) is 28.5 Å². The van der Waals surface area contributed by atoms with Crippen LogP contribution in [0, 0.1) is 11.3 Å². The van der Waals surface area contributed by atoms with Gasteiger partial charge < -0.3 is 25.4 Å². The average molecular weight is 480 g/mol. The van der Waals surface area contributed by atoms with Gasteiger partial charge in [-0.1, -0.05) is 0 Å². The molecule has 184 valence electrons. The predicted octanol–water partition coefficient (Wildman–Crippen LogP) is 3.00. The summed E-state index contributed by atoms with van der Waals surface area (Å²) in [6.07, 6.45) is -0.597. The summed E-state index contributed by atoms with van der Waals surface area (Å²) in [6.45, 7) is 6.50. The van der Waals surface area contributed by atoms with E-state index < -0.39 is 12.1 Å². The van der Waals surface area contributed by atoms with E-state index in [1.54, 1.807) is 12.1 Å². The second-order valence-corrected chi connectivity index (χ2v) is 8.52. The number of urea groups is 1. The first-order valence-corrected chi connectivity index (χ1v) is 11.7. The van der Waals surface area contributed by atoms with Gasteiger partial charge in [-0.25, -0.2) is 19.6 Å². The first-order chi connectivity index (χ1) is 16.9. The number of aromatic nitrogens is 2. The smallest absolute Gasteiger partial charge is 0.407 e. The molecule has 1 aromatic carbocycles. The quantitative estimate of drug-likeness (QED) is 0.594. The largest absolute Gasteiger partial charge is 0.465 e. The van der Waals surface area contributed by atoms with Gasteiger partial charge in [0.15, 0.2) is 5.82 Å². The minimum absolute atomic E-state index is 0.00323. The Morgan fingerprint density at radius 3 is 2.69 bits per heavy atom. The number of amides is 3.